The van der Waals surface area contributed by atoms with Gasteiger partial charge in [-0.1, -0.05) is 26.0 Å². The highest BCUT2D eigenvalue weighted by atomic mass is 16.5. The van der Waals surface area contributed by atoms with Gasteiger partial charge in [-0.25, -0.2) is 9.97 Å². The first-order valence-corrected chi connectivity index (χ1v) is 10.6. The highest BCUT2D eigenvalue weighted by molar-refractivity contribution is 5.87. The number of carbonyl (C=O) groups excluding carboxylic acids is 1. The molecule has 2 aromatic heterocycles. The van der Waals surface area contributed by atoms with Crippen molar-refractivity contribution < 1.29 is 9.53 Å². The summed E-state index contributed by atoms with van der Waals surface area (Å²) in [5.41, 5.74) is 3.36. The number of hydrogen-bond acceptors (Lipinski definition) is 6. The van der Waals surface area contributed by atoms with E-state index < -0.39 is 0 Å². The smallest absolute Gasteiger partial charge is 0.246 e. The van der Waals surface area contributed by atoms with Gasteiger partial charge in [0.1, 0.15) is 11.3 Å². The van der Waals surface area contributed by atoms with Crippen molar-refractivity contribution in [1.29, 1.82) is 0 Å². The number of ether oxygens (including phenoxy) is 1. The maximum absolute atomic E-state index is 11.9. The molecule has 2 aromatic rings. The molecular weight excluding hydrogens is 380 g/mol. The highest BCUT2D eigenvalue weighted by Crippen LogP contribution is 2.26. The zero-order chi connectivity index (χ0) is 21.1. The summed E-state index contributed by atoms with van der Waals surface area (Å²) in [4.78, 5) is 26.2. The number of piperidine rings is 1. The van der Waals surface area contributed by atoms with E-state index in [0.717, 1.165) is 28.8 Å². The summed E-state index contributed by atoms with van der Waals surface area (Å²) >= 11 is 0. The SMILES string of the molecule is C=CC(=O)N1CC[C@@H](Nc2cnc3[nH]cc(C(=C)NC4CCCC4)c3n2)[C@@H](OC)C1. The van der Waals surface area contributed by atoms with Crippen LogP contribution in [0.4, 0.5) is 5.82 Å². The molecule has 2 aliphatic rings. The molecule has 8 nitrogen and oxygen atoms in total. The lowest BCUT2D eigenvalue weighted by molar-refractivity contribution is -0.129. The van der Waals surface area contributed by atoms with E-state index in [0.29, 0.717) is 24.9 Å². The first-order chi connectivity index (χ1) is 14.6. The van der Waals surface area contributed by atoms with Gasteiger partial charge in [0.15, 0.2) is 5.65 Å². The number of aromatic amines is 1. The third kappa shape index (κ3) is 4.18. The fraction of sp³-hybridized carbons (Fsp3) is 0.500. The summed E-state index contributed by atoms with van der Waals surface area (Å²) in [6.07, 6.45) is 10.5. The molecule has 2 atom stereocenters. The Morgan fingerprint density at radius 3 is 2.90 bits per heavy atom. The fourth-order valence-electron chi connectivity index (χ4n) is 4.42. The molecule has 0 aromatic carbocycles. The summed E-state index contributed by atoms with van der Waals surface area (Å²) in [7, 11) is 1.67. The van der Waals surface area contributed by atoms with Gasteiger partial charge >= 0.3 is 0 Å². The number of fused-ring (bicyclic) bond motifs is 1. The van der Waals surface area contributed by atoms with Gasteiger partial charge in [0, 0.05) is 43.7 Å². The number of hydrogen-bond donors (Lipinski definition) is 3. The third-order valence-corrected chi connectivity index (χ3v) is 6.12. The molecule has 1 aliphatic heterocycles. The lowest BCUT2D eigenvalue weighted by Crippen LogP contribution is -2.52. The van der Waals surface area contributed by atoms with Crippen LogP contribution in [0, 0.1) is 0 Å². The van der Waals surface area contributed by atoms with Crippen LogP contribution in [0.25, 0.3) is 16.9 Å². The van der Waals surface area contributed by atoms with Crippen molar-refractivity contribution in [2.24, 2.45) is 0 Å². The van der Waals surface area contributed by atoms with Gasteiger partial charge in [-0.2, -0.15) is 0 Å². The number of likely N-dealkylation sites (tertiary alicyclic amines) is 1. The van der Waals surface area contributed by atoms with Crippen molar-refractivity contribution in [3.8, 4) is 0 Å². The molecule has 3 heterocycles. The van der Waals surface area contributed by atoms with Crippen LogP contribution < -0.4 is 10.6 Å². The van der Waals surface area contributed by atoms with Gasteiger partial charge in [-0.15, -0.1) is 0 Å². The van der Waals surface area contributed by atoms with E-state index in [1.54, 1.807) is 18.2 Å². The van der Waals surface area contributed by atoms with Gasteiger partial charge in [0.25, 0.3) is 0 Å². The standard InChI is InChI=1S/C22H30N6O2/c1-4-20(29)28-10-9-17(18(13-28)30-3)26-19-12-24-22-21(27-19)16(11-23-22)14(2)25-15-7-5-6-8-15/h4,11-12,15,17-18,25H,1-2,5-10,13H2,3H3,(H,23,24)(H,26,27)/t17-,18+/m1/s1. The molecular formula is C22H30N6O2. The van der Waals surface area contributed by atoms with E-state index >= 15 is 0 Å². The third-order valence-electron chi connectivity index (χ3n) is 6.12. The molecule has 1 aliphatic carbocycles. The number of amides is 1. The van der Waals surface area contributed by atoms with Crippen molar-refractivity contribution in [2.75, 3.05) is 25.5 Å². The fourth-order valence-corrected chi connectivity index (χ4v) is 4.42. The average Bonchev–Trinajstić information content (AvgIpc) is 3.42. The largest absolute Gasteiger partial charge is 0.382 e. The molecule has 2 fully saturated rings. The van der Waals surface area contributed by atoms with Crippen LogP contribution in [0.3, 0.4) is 0 Å². The van der Waals surface area contributed by atoms with Crippen LogP contribution >= 0.6 is 0 Å². The number of nitrogens with zero attached hydrogens (tertiary/aromatic N) is 3. The van der Waals surface area contributed by atoms with Gasteiger partial charge in [-0.05, 0) is 25.3 Å². The van der Waals surface area contributed by atoms with Crippen LogP contribution in [0.15, 0.2) is 31.6 Å². The molecule has 160 valence electrons. The minimum absolute atomic E-state index is 0.0397. The number of methoxy groups -OCH3 is 1. The lowest BCUT2D eigenvalue weighted by atomic mass is 10.0. The number of carbonyl (C=O) groups is 1. The number of H-pyrrole nitrogens is 1. The van der Waals surface area contributed by atoms with E-state index in [1.165, 1.54) is 31.8 Å². The van der Waals surface area contributed by atoms with Crippen LogP contribution in [0.2, 0.25) is 0 Å². The summed E-state index contributed by atoms with van der Waals surface area (Å²) in [6.45, 7) is 8.97. The monoisotopic (exact) mass is 410 g/mol. The van der Waals surface area contributed by atoms with Crippen molar-refractivity contribution in [3.05, 3.63) is 37.2 Å². The summed E-state index contributed by atoms with van der Waals surface area (Å²) < 4.78 is 5.64. The van der Waals surface area contributed by atoms with Crippen molar-refractivity contribution in [3.63, 3.8) is 0 Å². The topological polar surface area (TPSA) is 95.2 Å². The summed E-state index contributed by atoms with van der Waals surface area (Å²) in [5, 5.41) is 7.00. The Labute approximate surface area is 176 Å². The van der Waals surface area contributed by atoms with Crippen LogP contribution in [0.1, 0.15) is 37.7 Å². The minimum Gasteiger partial charge on any atom is -0.382 e. The minimum atomic E-state index is -0.134. The number of aromatic nitrogens is 3. The van der Waals surface area contributed by atoms with Crippen LogP contribution in [0.5, 0.6) is 0 Å². The molecule has 8 heteroatoms. The number of anilines is 1. The van der Waals surface area contributed by atoms with E-state index in [4.69, 9.17) is 9.72 Å². The Morgan fingerprint density at radius 1 is 1.37 bits per heavy atom. The van der Waals surface area contributed by atoms with E-state index in [9.17, 15) is 4.79 Å². The molecule has 0 spiro atoms. The quantitative estimate of drug-likeness (QED) is 0.608. The number of rotatable bonds is 7. The first-order valence-electron chi connectivity index (χ1n) is 10.6. The molecule has 30 heavy (non-hydrogen) atoms. The predicted octanol–water partition coefficient (Wildman–Crippen LogP) is 2.67. The molecule has 4 rings (SSSR count). The maximum atomic E-state index is 11.9. The molecule has 0 unspecified atom stereocenters. The second kappa shape index (κ2) is 8.87. The first kappa shape index (κ1) is 20.4. The predicted molar refractivity (Wildman–Crippen MR) is 118 cm³/mol. The molecule has 1 saturated carbocycles. The Balaban J connectivity index is 1.48. The molecule has 1 saturated heterocycles. The Kier molecular flexibility index (Phi) is 6.03. The van der Waals surface area contributed by atoms with Gasteiger partial charge in [0.2, 0.25) is 5.91 Å². The molecule has 0 bridgehead atoms. The van der Waals surface area contributed by atoms with Gasteiger partial charge in [0.05, 0.1) is 18.3 Å². The zero-order valence-electron chi connectivity index (χ0n) is 17.5. The molecule has 3 N–H and O–H groups in total. The average molecular weight is 411 g/mol. The van der Waals surface area contributed by atoms with Crippen molar-refractivity contribution in [2.45, 2.75) is 50.3 Å². The van der Waals surface area contributed by atoms with E-state index in [2.05, 4.69) is 33.8 Å². The maximum Gasteiger partial charge on any atom is 0.246 e. The summed E-state index contributed by atoms with van der Waals surface area (Å²) in [6, 6.07) is 0.528. The second-order valence-electron chi connectivity index (χ2n) is 8.06. The number of nitrogens with one attached hydrogen (secondary N) is 3. The Bertz CT molecular complexity index is 933. The van der Waals surface area contributed by atoms with Gasteiger partial charge < -0.3 is 25.3 Å². The van der Waals surface area contributed by atoms with E-state index in [1.807, 2.05) is 6.20 Å². The molecule has 1 amide bonds. The summed E-state index contributed by atoms with van der Waals surface area (Å²) in [5.74, 6) is 0.620. The van der Waals surface area contributed by atoms with Crippen molar-refractivity contribution in [1.82, 2.24) is 25.2 Å². The highest BCUT2D eigenvalue weighted by Gasteiger charge is 2.31. The zero-order valence-corrected chi connectivity index (χ0v) is 17.5. The van der Waals surface area contributed by atoms with Crippen LogP contribution in [-0.4, -0.2) is 64.1 Å². The Morgan fingerprint density at radius 2 is 2.17 bits per heavy atom. The second-order valence-corrected chi connectivity index (χ2v) is 8.06. The van der Waals surface area contributed by atoms with Crippen molar-refractivity contribution >= 4 is 28.6 Å². The van der Waals surface area contributed by atoms with Crippen LogP contribution in [-0.2, 0) is 9.53 Å². The lowest BCUT2D eigenvalue weighted by Gasteiger charge is -2.37. The van der Waals surface area contributed by atoms with Gasteiger partial charge in [-0.3, -0.25) is 4.79 Å². The molecule has 0 radical (unpaired) electrons. The normalized spacial score (nSPS) is 22.2. The Hall–Kier alpha value is -2.87. The van der Waals surface area contributed by atoms with E-state index in [-0.39, 0.29) is 18.1 Å².